The first-order valence-electron chi connectivity index (χ1n) is 8.85. The molecule has 2 rings (SSSR count). The maximum Gasteiger partial charge on any atom is 0.224 e. The number of rotatable bonds is 7. The molecule has 1 aliphatic rings. The number of carbonyl (C=O) groups is 1. The fraction of sp³-hybridized carbons (Fsp3) is 0.632. The first-order chi connectivity index (χ1) is 11.5. The van der Waals surface area contributed by atoms with Crippen LogP contribution in [0.2, 0.25) is 0 Å². The van der Waals surface area contributed by atoms with Gasteiger partial charge >= 0.3 is 0 Å². The highest BCUT2D eigenvalue weighted by atomic mass is 16.5. The molecule has 0 spiro atoms. The van der Waals surface area contributed by atoms with E-state index in [4.69, 9.17) is 4.74 Å². The van der Waals surface area contributed by atoms with Crippen LogP contribution in [0.3, 0.4) is 0 Å². The number of aryl methyl sites for hydroxylation is 1. The minimum Gasteiger partial charge on any atom is -0.496 e. The number of methoxy groups -OCH3 is 1. The molecule has 1 amide bonds. The summed E-state index contributed by atoms with van der Waals surface area (Å²) in [7, 11) is 3.83. The van der Waals surface area contributed by atoms with Crippen LogP contribution < -0.4 is 10.1 Å². The van der Waals surface area contributed by atoms with Gasteiger partial charge in [0.15, 0.2) is 0 Å². The Bertz CT molecular complexity index is 539. The molecule has 1 fully saturated rings. The molecule has 0 aliphatic carbocycles. The van der Waals surface area contributed by atoms with Gasteiger partial charge in [-0.15, -0.1) is 0 Å². The molecule has 1 aliphatic heterocycles. The number of nitrogens with zero attached hydrogens (tertiary/aromatic N) is 2. The Hall–Kier alpha value is -1.59. The van der Waals surface area contributed by atoms with Gasteiger partial charge in [0, 0.05) is 38.8 Å². The third-order valence-electron chi connectivity index (χ3n) is 4.76. The second-order valence-corrected chi connectivity index (χ2v) is 6.76. The van der Waals surface area contributed by atoms with Crippen molar-refractivity contribution in [2.45, 2.75) is 32.7 Å². The van der Waals surface area contributed by atoms with Gasteiger partial charge in [0.2, 0.25) is 5.91 Å². The summed E-state index contributed by atoms with van der Waals surface area (Å²) in [5.41, 5.74) is 2.09. The zero-order valence-corrected chi connectivity index (χ0v) is 15.5. The third-order valence-corrected chi connectivity index (χ3v) is 4.76. The maximum atomic E-state index is 12.4. The van der Waals surface area contributed by atoms with Crippen LogP contribution in [0.4, 0.5) is 0 Å². The van der Waals surface area contributed by atoms with E-state index in [1.807, 2.05) is 25.1 Å². The molecule has 24 heavy (non-hydrogen) atoms. The lowest BCUT2D eigenvalue weighted by Gasteiger charge is -2.34. The molecule has 1 aromatic rings. The molecule has 0 radical (unpaired) electrons. The Balaban J connectivity index is 1.84. The lowest BCUT2D eigenvalue weighted by Crippen LogP contribution is -2.50. The van der Waals surface area contributed by atoms with E-state index >= 15 is 0 Å². The van der Waals surface area contributed by atoms with Crippen molar-refractivity contribution < 1.29 is 9.53 Å². The second-order valence-electron chi connectivity index (χ2n) is 6.76. The van der Waals surface area contributed by atoms with Crippen molar-refractivity contribution in [2.24, 2.45) is 0 Å². The fourth-order valence-corrected chi connectivity index (χ4v) is 3.13. The van der Waals surface area contributed by atoms with Gasteiger partial charge in [0.1, 0.15) is 5.75 Å². The van der Waals surface area contributed by atoms with E-state index in [0.29, 0.717) is 6.42 Å². The quantitative estimate of drug-likeness (QED) is 0.825. The average molecular weight is 333 g/mol. The Labute approximate surface area is 146 Å². The van der Waals surface area contributed by atoms with E-state index in [1.165, 1.54) is 0 Å². The summed E-state index contributed by atoms with van der Waals surface area (Å²) in [5.74, 6) is 0.959. The van der Waals surface area contributed by atoms with Gasteiger partial charge in [-0.1, -0.05) is 19.1 Å². The van der Waals surface area contributed by atoms with Crippen molar-refractivity contribution in [2.75, 3.05) is 46.9 Å². The average Bonchev–Trinajstić information content (AvgIpc) is 2.56. The molecule has 1 aromatic carbocycles. The number of nitrogens with one attached hydrogen (secondary N) is 1. The number of amides is 1. The summed E-state index contributed by atoms with van der Waals surface area (Å²) in [4.78, 5) is 17.2. The Morgan fingerprint density at radius 1 is 1.29 bits per heavy atom. The minimum atomic E-state index is 0.0977. The van der Waals surface area contributed by atoms with Crippen molar-refractivity contribution in [3.05, 3.63) is 29.3 Å². The van der Waals surface area contributed by atoms with Gasteiger partial charge in [0.25, 0.3) is 0 Å². The van der Waals surface area contributed by atoms with E-state index in [0.717, 1.165) is 56.0 Å². The molecular weight excluding hydrogens is 302 g/mol. The lowest BCUT2D eigenvalue weighted by molar-refractivity contribution is -0.121. The van der Waals surface area contributed by atoms with Gasteiger partial charge in [-0.3, -0.25) is 9.69 Å². The van der Waals surface area contributed by atoms with E-state index in [1.54, 1.807) is 7.11 Å². The summed E-state index contributed by atoms with van der Waals surface area (Å²) in [5, 5.41) is 3.20. The first-order valence-corrected chi connectivity index (χ1v) is 8.85. The fourth-order valence-electron chi connectivity index (χ4n) is 3.13. The SMILES string of the molecule is CCC(CN1CCN(C)CC1)NC(=O)Cc1ccc(OC)c(C)c1. The normalized spacial score (nSPS) is 17.5. The van der Waals surface area contributed by atoms with Crippen molar-refractivity contribution in [3.8, 4) is 5.75 Å². The van der Waals surface area contributed by atoms with Crippen LogP contribution in [-0.4, -0.2) is 68.6 Å². The molecule has 1 heterocycles. The summed E-state index contributed by atoms with van der Waals surface area (Å²) < 4.78 is 5.27. The number of hydrogen-bond acceptors (Lipinski definition) is 4. The van der Waals surface area contributed by atoms with Crippen molar-refractivity contribution in [1.82, 2.24) is 15.1 Å². The molecule has 1 N–H and O–H groups in total. The third kappa shape index (κ3) is 5.49. The van der Waals surface area contributed by atoms with Crippen molar-refractivity contribution in [1.29, 1.82) is 0 Å². The van der Waals surface area contributed by atoms with Gasteiger partial charge in [-0.25, -0.2) is 0 Å². The number of piperazine rings is 1. The van der Waals surface area contributed by atoms with Crippen LogP contribution in [0.5, 0.6) is 5.75 Å². The van der Waals surface area contributed by atoms with Crippen LogP contribution in [0.1, 0.15) is 24.5 Å². The lowest BCUT2D eigenvalue weighted by atomic mass is 10.1. The maximum absolute atomic E-state index is 12.4. The standard InChI is InChI=1S/C19H31N3O2/c1-5-17(14-22-10-8-21(3)9-11-22)20-19(23)13-16-6-7-18(24-4)15(2)12-16/h6-7,12,17H,5,8-11,13-14H2,1-4H3,(H,20,23). The molecule has 0 aromatic heterocycles. The van der Waals surface area contributed by atoms with Gasteiger partial charge in [0.05, 0.1) is 13.5 Å². The smallest absolute Gasteiger partial charge is 0.224 e. The molecule has 134 valence electrons. The van der Waals surface area contributed by atoms with E-state index in [9.17, 15) is 4.79 Å². The van der Waals surface area contributed by atoms with E-state index in [2.05, 4.69) is 29.1 Å². The molecular formula is C19H31N3O2. The second kappa shape index (κ2) is 9.04. The predicted molar refractivity (Wildman–Crippen MR) is 97.6 cm³/mol. The highest BCUT2D eigenvalue weighted by Gasteiger charge is 2.19. The molecule has 0 bridgehead atoms. The van der Waals surface area contributed by atoms with E-state index < -0.39 is 0 Å². The van der Waals surface area contributed by atoms with Crippen LogP contribution in [-0.2, 0) is 11.2 Å². The highest BCUT2D eigenvalue weighted by Crippen LogP contribution is 2.18. The summed E-state index contributed by atoms with van der Waals surface area (Å²) >= 11 is 0. The monoisotopic (exact) mass is 333 g/mol. The van der Waals surface area contributed by atoms with Crippen LogP contribution >= 0.6 is 0 Å². The molecule has 0 saturated carbocycles. The Morgan fingerprint density at radius 3 is 2.58 bits per heavy atom. The van der Waals surface area contributed by atoms with Crippen LogP contribution in [0, 0.1) is 6.92 Å². The Morgan fingerprint density at radius 2 is 2.00 bits per heavy atom. The topological polar surface area (TPSA) is 44.8 Å². The van der Waals surface area contributed by atoms with Gasteiger partial charge < -0.3 is 15.0 Å². The van der Waals surface area contributed by atoms with Gasteiger partial charge in [-0.05, 0) is 37.6 Å². The van der Waals surface area contributed by atoms with Gasteiger partial charge in [-0.2, -0.15) is 0 Å². The molecule has 5 heteroatoms. The number of likely N-dealkylation sites (N-methyl/N-ethyl adjacent to an activating group) is 1. The predicted octanol–water partition coefficient (Wildman–Crippen LogP) is 1.69. The largest absolute Gasteiger partial charge is 0.496 e. The molecule has 1 saturated heterocycles. The van der Waals surface area contributed by atoms with Crippen LogP contribution in [0.15, 0.2) is 18.2 Å². The highest BCUT2D eigenvalue weighted by molar-refractivity contribution is 5.79. The molecule has 5 nitrogen and oxygen atoms in total. The molecule has 1 atom stereocenters. The van der Waals surface area contributed by atoms with Crippen molar-refractivity contribution in [3.63, 3.8) is 0 Å². The van der Waals surface area contributed by atoms with Crippen molar-refractivity contribution >= 4 is 5.91 Å². The molecule has 1 unspecified atom stereocenters. The number of carbonyl (C=O) groups excluding carboxylic acids is 1. The summed E-state index contributed by atoms with van der Waals surface area (Å²) in [6.07, 6.45) is 1.38. The zero-order valence-electron chi connectivity index (χ0n) is 15.5. The number of hydrogen-bond donors (Lipinski definition) is 1. The summed E-state index contributed by atoms with van der Waals surface area (Å²) in [6.45, 7) is 9.46. The Kier molecular flexibility index (Phi) is 7.06. The van der Waals surface area contributed by atoms with E-state index in [-0.39, 0.29) is 11.9 Å². The summed E-state index contributed by atoms with van der Waals surface area (Å²) in [6, 6.07) is 6.15. The first kappa shape index (κ1) is 18.7. The minimum absolute atomic E-state index is 0.0977. The number of benzene rings is 1. The van der Waals surface area contributed by atoms with Crippen LogP contribution in [0.25, 0.3) is 0 Å². The zero-order chi connectivity index (χ0) is 17.5. The number of ether oxygens (including phenoxy) is 1.